The summed E-state index contributed by atoms with van der Waals surface area (Å²) in [7, 11) is 0. The summed E-state index contributed by atoms with van der Waals surface area (Å²) in [4.78, 5) is 67.3. The number of aliphatic hydroxyl groups excluding tert-OH is 2. The van der Waals surface area contributed by atoms with Crippen LogP contribution >= 0.6 is 0 Å². The Morgan fingerprint density at radius 2 is 1.36 bits per heavy atom. The van der Waals surface area contributed by atoms with Crippen molar-refractivity contribution in [2.75, 3.05) is 6.61 Å². The van der Waals surface area contributed by atoms with Gasteiger partial charge in [-0.05, 0) is 43.5 Å². The van der Waals surface area contributed by atoms with E-state index in [1.54, 1.807) is 50.2 Å². The number of ketones is 1. The molecule has 268 valence electrons. The van der Waals surface area contributed by atoms with Gasteiger partial charge in [-0.15, -0.1) is 6.58 Å². The minimum atomic E-state index is -2.67. The van der Waals surface area contributed by atoms with Gasteiger partial charge in [0.1, 0.15) is 30.5 Å². The molecule has 0 aliphatic heterocycles. The van der Waals surface area contributed by atoms with Gasteiger partial charge in [0.2, 0.25) is 0 Å². The summed E-state index contributed by atoms with van der Waals surface area (Å²) in [6.07, 6.45) is -7.10. The van der Waals surface area contributed by atoms with Crippen molar-refractivity contribution in [3.05, 3.63) is 84.4 Å². The second kappa shape index (κ2) is 13.4. The fraction of sp³-hybridized carbons (Fsp3) is 0.500. The maximum absolute atomic E-state index is 14.7. The van der Waals surface area contributed by atoms with Crippen LogP contribution in [-0.2, 0) is 33.3 Å². The molecule has 50 heavy (non-hydrogen) atoms. The summed E-state index contributed by atoms with van der Waals surface area (Å²) in [5.41, 5.74) is -7.22. The minimum Gasteiger partial charge on any atom is -0.459 e. The van der Waals surface area contributed by atoms with Crippen molar-refractivity contribution in [1.82, 2.24) is 0 Å². The number of benzene rings is 2. The molecule has 3 saturated carbocycles. The summed E-state index contributed by atoms with van der Waals surface area (Å²) in [6.45, 7) is 10.0. The van der Waals surface area contributed by atoms with E-state index >= 15 is 0 Å². The second-order valence-corrected chi connectivity index (χ2v) is 14.5. The van der Waals surface area contributed by atoms with Crippen LogP contribution in [0.3, 0.4) is 0 Å². The van der Waals surface area contributed by atoms with Crippen LogP contribution in [0.5, 0.6) is 0 Å². The number of hydrogen-bond donors (Lipinski definition) is 3. The van der Waals surface area contributed by atoms with E-state index in [4.69, 9.17) is 18.9 Å². The molecule has 0 saturated heterocycles. The van der Waals surface area contributed by atoms with Crippen molar-refractivity contribution in [1.29, 1.82) is 0 Å². The lowest BCUT2D eigenvalue weighted by Crippen LogP contribution is -2.82. The smallest absolute Gasteiger partial charge is 0.338 e. The highest BCUT2D eigenvalue weighted by Gasteiger charge is 2.79. The number of esters is 4. The third-order valence-electron chi connectivity index (χ3n) is 11.1. The third-order valence-corrected chi connectivity index (χ3v) is 11.1. The molecule has 10 atom stereocenters. The van der Waals surface area contributed by atoms with Crippen molar-refractivity contribution < 1.29 is 58.2 Å². The molecular formula is C38H44O12. The molecular weight excluding hydrogens is 648 g/mol. The lowest BCUT2D eigenvalue weighted by atomic mass is 9.38. The second-order valence-electron chi connectivity index (χ2n) is 14.5. The van der Waals surface area contributed by atoms with Gasteiger partial charge in [-0.1, -0.05) is 56.3 Å². The number of carbonyl (C=O) groups excluding carboxylic acids is 5. The van der Waals surface area contributed by atoms with Gasteiger partial charge in [-0.2, -0.15) is 0 Å². The van der Waals surface area contributed by atoms with Gasteiger partial charge < -0.3 is 34.3 Å². The van der Waals surface area contributed by atoms with E-state index in [1.807, 2.05) is 0 Å². The predicted octanol–water partition coefficient (Wildman–Crippen LogP) is 3.21. The SMILES string of the molecule is C=CC1(C)CC(OC(=O)c2ccccc2)C2C(O)(C1=O)C(OC(C)=O)CC1C(C)(C)C(OC(C)=O)C(O)C(OC(=O)c3ccccc3)C12CO. The average Bonchev–Trinajstić information content (AvgIpc) is 3.08. The monoisotopic (exact) mass is 692 g/mol. The Kier molecular flexibility index (Phi) is 9.87. The number of carbonyl (C=O) groups is 5. The largest absolute Gasteiger partial charge is 0.459 e. The Morgan fingerprint density at radius 3 is 1.84 bits per heavy atom. The Morgan fingerprint density at radius 1 is 0.840 bits per heavy atom. The van der Waals surface area contributed by atoms with Crippen LogP contribution in [0.15, 0.2) is 73.3 Å². The lowest BCUT2D eigenvalue weighted by Gasteiger charge is -2.69. The van der Waals surface area contributed by atoms with E-state index in [0.717, 1.165) is 13.8 Å². The maximum atomic E-state index is 14.7. The van der Waals surface area contributed by atoms with E-state index in [-0.39, 0.29) is 24.0 Å². The van der Waals surface area contributed by atoms with Gasteiger partial charge in [-0.25, -0.2) is 9.59 Å². The molecule has 0 heterocycles. The zero-order valence-electron chi connectivity index (χ0n) is 28.7. The summed E-state index contributed by atoms with van der Waals surface area (Å²) in [5, 5.41) is 36.8. The quantitative estimate of drug-likeness (QED) is 0.209. The molecule has 12 nitrogen and oxygen atoms in total. The zero-order valence-corrected chi connectivity index (χ0v) is 28.7. The molecule has 0 amide bonds. The standard InChI is InChI=1S/C38H44O12/c1-7-36(6)19-25(49-32(43)23-14-10-8-11-15-23)29-37(20-39)26(18-27(47-21(2)40)38(29,46)34(36)45)35(4,5)30(48-22(3)41)28(42)31(37)50-33(44)24-16-12-9-13-17-24/h7-17,25-31,39,42,46H,1,18-20H2,2-6H3. The first-order chi connectivity index (χ1) is 23.5. The summed E-state index contributed by atoms with van der Waals surface area (Å²) >= 11 is 0. The van der Waals surface area contributed by atoms with Crippen LogP contribution in [0.2, 0.25) is 0 Å². The van der Waals surface area contributed by atoms with E-state index in [9.17, 15) is 39.3 Å². The fourth-order valence-electron chi connectivity index (χ4n) is 8.97. The van der Waals surface area contributed by atoms with E-state index in [1.165, 1.54) is 37.3 Å². The van der Waals surface area contributed by atoms with Gasteiger partial charge in [0, 0.05) is 37.0 Å². The Hall–Kier alpha value is -4.39. The molecule has 2 aromatic rings. The normalized spacial score (nSPS) is 35.8. The van der Waals surface area contributed by atoms with Crippen molar-refractivity contribution in [3.8, 4) is 0 Å². The molecule has 3 aliphatic carbocycles. The van der Waals surface area contributed by atoms with Gasteiger partial charge in [-0.3, -0.25) is 14.4 Å². The van der Waals surface area contributed by atoms with Crippen molar-refractivity contribution in [2.24, 2.45) is 28.1 Å². The first-order valence-electron chi connectivity index (χ1n) is 16.5. The first-order valence-corrected chi connectivity index (χ1v) is 16.5. The van der Waals surface area contributed by atoms with Crippen LogP contribution in [0.4, 0.5) is 0 Å². The van der Waals surface area contributed by atoms with Crippen LogP contribution in [0.25, 0.3) is 0 Å². The van der Waals surface area contributed by atoms with E-state index in [0.29, 0.717) is 0 Å². The molecule has 12 heteroatoms. The lowest BCUT2D eigenvalue weighted by molar-refractivity contribution is -0.324. The third kappa shape index (κ3) is 5.82. The summed E-state index contributed by atoms with van der Waals surface area (Å²) in [5.74, 6) is -6.77. The Labute approximate surface area is 290 Å². The number of allylic oxidation sites excluding steroid dienone is 1. The van der Waals surface area contributed by atoms with Crippen molar-refractivity contribution in [2.45, 2.75) is 83.6 Å². The molecule has 3 fully saturated rings. The Balaban J connectivity index is 1.80. The summed E-state index contributed by atoms with van der Waals surface area (Å²) < 4.78 is 23.7. The van der Waals surface area contributed by atoms with Gasteiger partial charge in [0.25, 0.3) is 0 Å². The van der Waals surface area contributed by atoms with Crippen LogP contribution in [-0.4, -0.2) is 87.7 Å². The Bertz CT molecular complexity index is 1660. The molecule has 0 aromatic heterocycles. The molecule has 0 bridgehead atoms. The number of rotatable bonds is 8. The number of hydrogen-bond acceptors (Lipinski definition) is 12. The van der Waals surface area contributed by atoms with Gasteiger partial charge in [0.05, 0.1) is 23.1 Å². The average molecular weight is 693 g/mol. The number of Topliss-reactive ketones (excluding diaryl/α,β-unsaturated/α-hetero) is 1. The topological polar surface area (TPSA) is 183 Å². The van der Waals surface area contributed by atoms with Crippen LogP contribution in [0.1, 0.15) is 68.2 Å². The highest BCUT2D eigenvalue weighted by Crippen LogP contribution is 2.67. The predicted molar refractivity (Wildman–Crippen MR) is 176 cm³/mol. The first kappa shape index (κ1) is 36.9. The van der Waals surface area contributed by atoms with Gasteiger partial charge in [0.15, 0.2) is 11.4 Å². The number of fused-ring (bicyclic) bond motifs is 3. The molecule has 0 spiro atoms. The molecule has 5 rings (SSSR count). The van der Waals surface area contributed by atoms with Gasteiger partial charge >= 0.3 is 23.9 Å². The molecule has 0 radical (unpaired) electrons. The van der Waals surface area contributed by atoms with E-state index in [2.05, 4.69) is 6.58 Å². The van der Waals surface area contributed by atoms with Crippen molar-refractivity contribution >= 4 is 29.7 Å². The highest BCUT2D eigenvalue weighted by molar-refractivity contribution is 5.97. The minimum absolute atomic E-state index is 0.0908. The maximum Gasteiger partial charge on any atom is 0.338 e. The molecule has 2 aromatic carbocycles. The van der Waals surface area contributed by atoms with Crippen LogP contribution < -0.4 is 0 Å². The highest BCUT2D eigenvalue weighted by atomic mass is 16.6. The fourth-order valence-corrected chi connectivity index (χ4v) is 8.97. The molecule has 3 N–H and O–H groups in total. The summed E-state index contributed by atoms with van der Waals surface area (Å²) in [6, 6.07) is 15.8. The van der Waals surface area contributed by atoms with Crippen molar-refractivity contribution in [3.63, 3.8) is 0 Å². The number of aliphatic hydroxyl groups is 3. The molecule has 3 aliphatic rings. The van der Waals surface area contributed by atoms with Crippen LogP contribution in [0, 0.1) is 28.1 Å². The number of ether oxygens (including phenoxy) is 4. The zero-order chi connectivity index (χ0) is 36.8. The van der Waals surface area contributed by atoms with E-state index < -0.39 is 100 Å². The molecule has 10 unspecified atom stereocenters.